The number of ether oxygens (including phenoxy) is 1. The van der Waals surface area contributed by atoms with Gasteiger partial charge in [0.1, 0.15) is 0 Å². The molecule has 0 aliphatic heterocycles. The molecule has 0 spiro atoms. The number of benzene rings is 1. The molecule has 0 aliphatic rings. The Morgan fingerprint density at radius 3 is 2.56 bits per heavy atom. The van der Waals surface area contributed by atoms with Crippen molar-refractivity contribution in [3.8, 4) is 0 Å². The molecule has 0 saturated heterocycles. The molecule has 18 heavy (non-hydrogen) atoms. The van der Waals surface area contributed by atoms with Crippen LogP contribution in [0.3, 0.4) is 0 Å². The molecule has 0 amide bonds. The van der Waals surface area contributed by atoms with Crippen LogP contribution in [-0.2, 0) is 4.74 Å². The number of thiol groups is 1. The van der Waals surface area contributed by atoms with Crippen molar-refractivity contribution in [2.24, 2.45) is 5.73 Å². The highest BCUT2D eigenvalue weighted by molar-refractivity contribution is 8.68. The van der Waals surface area contributed by atoms with E-state index in [-0.39, 0.29) is 5.92 Å². The fraction of sp³-hybridized carbons (Fsp3) is 0.417. The largest absolute Gasteiger partial charge is 0.507 e. The van der Waals surface area contributed by atoms with Gasteiger partial charge in [-0.15, -0.1) is 11.7 Å². The summed E-state index contributed by atoms with van der Waals surface area (Å²) in [7, 11) is 1.38. The van der Waals surface area contributed by atoms with Crippen LogP contribution in [0.5, 0.6) is 0 Å². The number of hydrogen-bond acceptors (Lipinski definition) is 5. The highest BCUT2D eigenvalue weighted by Crippen LogP contribution is 2.28. The zero-order valence-electron chi connectivity index (χ0n) is 10.3. The maximum Gasteiger partial charge on any atom is 0.507 e. The summed E-state index contributed by atoms with van der Waals surface area (Å²) in [6.45, 7) is 3.55. The first kappa shape index (κ1) is 15.2. The average Bonchev–Trinajstić information content (AvgIpc) is 2.26. The van der Waals surface area contributed by atoms with E-state index in [1.54, 1.807) is 6.92 Å². The fourth-order valence-electron chi connectivity index (χ4n) is 1.82. The molecule has 2 unspecified atom stereocenters. The summed E-state index contributed by atoms with van der Waals surface area (Å²) in [6.07, 6.45) is -0.929. The fourth-order valence-corrected chi connectivity index (χ4v) is 2.45. The maximum absolute atomic E-state index is 10.5. The summed E-state index contributed by atoms with van der Waals surface area (Å²) in [5.41, 5.74) is 5.70. The third-order valence-corrected chi connectivity index (χ3v) is 3.70. The Morgan fingerprint density at radius 2 is 2.11 bits per heavy atom. The molecule has 2 atom stereocenters. The molecule has 1 aromatic carbocycles. The van der Waals surface area contributed by atoms with Crippen LogP contribution in [0.15, 0.2) is 29.2 Å². The molecule has 3 N–H and O–H groups in total. The minimum absolute atomic E-state index is 0.110. The second-order valence-electron chi connectivity index (χ2n) is 4.45. The lowest BCUT2D eigenvalue weighted by Gasteiger charge is -2.26. The second-order valence-corrected chi connectivity index (χ2v) is 5.65. The summed E-state index contributed by atoms with van der Waals surface area (Å²) in [6, 6.07) is 7.91. The van der Waals surface area contributed by atoms with Crippen LogP contribution in [0, 0.1) is 0 Å². The van der Waals surface area contributed by atoms with Crippen molar-refractivity contribution in [3.05, 3.63) is 29.8 Å². The summed E-state index contributed by atoms with van der Waals surface area (Å²) in [5.74, 6) is 0.110. The van der Waals surface area contributed by atoms with Gasteiger partial charge >= 0.3 is 6.16 Å². The minimum Gasteiger partial charge on any atom is -0.450 e. The predicted molar refractivity (Wildman–Crippen MR) is 76.0 cm³/mol. The molecule has 6 heteroatoms. The van der Waals surface area contributed by atoms with E-state index in [0.717, 1.165) is 10.5 Å². The zero-order valence-corrected chi connectivity index (χ0v) is 12.0. The summed E-state index contributed by atoms with van der Waals surface area (Å²) < 4.78 is 4.65. The molecular weight excluding hydrogens is 270 g/mol. The van der Waals surface area contributed by atoms with Crippen molar-refractivity contribution in [3.63, 3.8) is 0 Å². The third-order valence-electron chi connectivity index (χ3n) is 2.59. The second kappa shape index (κ2) is 6.36. The Morgan fingerprint density at radius 1 is 1.56 bits per heavy atom. The van der Waals surface area contributed by atoms with E-state index >= 15 is 0 Å². The number of rotatable bonds is 5. The molecule has 0 bridgehead atoms. The van der Waals surface area contributed by atoms with Crippen LogP contribution < -0.4 is 5.73 Å². The van der Waals surface area contributed by atoms with Crippen LogP contribution in [0.4, 0.5) is 4.79 Å². The molecular formula is C12H17NO3S2. The van der Waals surface area contributed by atoms with E-state index in [0.29, 0.717) is 6.42 Å². The minimum atomic E-state index is -1.35. The number of hydrogen-bond donors (Lipinski definition) is 3. The van der Waals surface area contributed by atoms with Crippen molar-refractivity contribution in [2.75, 3.05) is 0 Å². The monoisotopic (exact) mass is 287 g/mol. The van der Waals surface area contributed by atoms with Gasteiger partial charge in [-0.2, -0.15) is 0 Å². The number of carbonyl (C=O) groups is 1. The van der Waals surface area contributed by atoms with E-state index in [4.69, 9.17) is 10.8 Å². The standard InChI is InChI=1S/C12H17NO3S2/c1-8(7-12(2,13)16-11(14)15)9-3-5-10(18-17)6-4-9/h3-6,8,17H,7,13H2,1-2H3,(H,14,15). The van der Waals surface area contributed by atoms with Gasteiger partial charge in [-0.3, -0.25) is 5.73 Å². The van der Waals surface area contributed by atoms with Crippen LogP contribution in [0.1, 0.15) is 31.7 Å². The Kier molecular flexibility index (Phi) is 5.37. The SMILES string of the molecule is CC(CC(C)(N)OC(=O)O)c1ccc(SS)cc1. The van der Waals surface area contributed by atoms with Crippen molar-refractivity contribution in [1.82, 2.24) is 0 Å². The number of nitrogens with two attached hydrogens (primary N) is 1. The molecule has 4 nitrogen and oxygen atoms in total. The van der Waals surface area contributed by atoms with E-state index < -0.39 is 11.9 Å². The van der Waals surface area contributed by atoms with Gasteiger partial charge in [0, 0.05) is 11.3 Å². The van der Waals surface area contributed by atoms with Crippen LogP contribution in [0.2, 0.25) is 0 Å². The topological polar surface area (TPSA) is 72.5 Å². The summed E-state index contributed by atoms with van der Waals surface area (Å²) in [4.78, 5) is 11.6. The van der Waals surface area contributed by atoms with Crippen LogP contribution in [-0.4, -0.2) is 17.0 Å². The first-order valence-electron chi connectivity index (χ1n) is 5.46. The summed E-state index contributed by atoms with van der Waals surface area (Å²) >= 11 is 4.11. The lowest BCUT2D eigenvalue weighted by atomic mass is 9.93. The first-order chi connectivity index (χ1) is 8.34. The van der Waals surface area contributed by atoms with Gasteiger partial charge in [-0.1, -0.05) is 29.9 Å². The van der Waals surface area contributed by atoms with Gasteiger partial charge in [-0.25, -0.2) is 4.79 Å². The van der Waals surface area contributed by atoms with Crippen molar-refractivity contribution in [2.45, 2.75) is 36.8 Å². The molecule has 0 heterocycles. The molecule has 0 radical (unpaired) electrons. The molecule has 1 aromatic rings. The Labute approximate surface area is 116 Å². The maximum atomic E-state index is 10.5. The molecule has 0 aromatic heterocycles. The highest BCUT2D eigenvalue weighted by atomic mass is 33.1. The lowest BCUT2D eigenvalue weighted by Crippen LogP contribution is -2.42. The Bertz CT molecular complexity index is 406. The Hall–Kier alpha value is -0.850. The van der Waals surface area contributed by atoms with Crippen LogP contribution >= 0.6 is 22.5 Å². The third kappa shape index (κ3) is 4.80. The van der Waals surface area contributed by atoms with Crippen molar-refractivity contribution in [1.29, 1.82) is 0 Å². The van der Waals surface area contributed by atoms with Gasteiger partial charge in [0.2, 0.25) is 0 Å². The molecule has 100 valence electrons. The van der Waals surface area contributed by atoms with Gasteiger partial charge in [0.05, 0.1) is 0 Å². The van der Waals surface area contributed by atoms with Gasteiger partial charge in [0.15, 0.2) is 5.72 Å². The highest BCUT2D eigenvalue weighted by Gasteiger charge is 2.26. The lowest BCUT2D eigenvalue weighted by molar-refractivity contribution is -0.0118. The Balaban J connectivity index is 2.68. The zero-order chi connectivity index (χ0) is 13.8. The molecule has 1 rings (SSSR count). The van der Waals surface area contributed by atoms with E-state index in [9.17, 15) is 4.79 Å². The van der Waals surface area contributed by atoms with Crippen molar-refractivity contribution >= 4 is 28.6 Å². The van der Waals surface area contributed by atoms with Gasteiger partial charge < -0.3 is 9.84 Å². The van der Waals surface area contributed by atoms with E-state index in [2.05, 4.69) is 16.4 Å². The van der Waals surface area contributed by atoms with Gasteiger partial charge in [0.25, 0.3) is 0 Å². The van der Waals surface area contributed by atoms with E-state index in [1.807, 2.05) is 31.2 Å². The predicted octanol–water partition coefficient (Wildman–Crippen LogP) is 3.49. The van der Waals surface area contributed by atoms with Crippen LogP contribution in [0.25, 0.3) is 0 Å². The average molecular weight is 287 g/mol. The molecule has 0 saturated carbocycles. The quantitative estimate of drug-likeness (QED) is 0.335. The number of carboxylic acid groups (broad SMARTS) is 1. The molecule has 0 fully saturated rings. The normalized spacial score (nSPS) is 15.8. The smallest absolute Gasteiger partial charge is 0.450 e. The van der Waals surface area contributed by atoms with E-state index in [1.165, 1.54) is 10.8 Å². The van der Waals surface area contributed by atoms with Gasteiger partial charge in [-0.05, 0) is 30.5 Å². The van der Waals surface area contributed by atoms with Crippen molar-refractivity contribution < 1.29 is 14.6 Å². The first-order valence-corrected chi connectivity index (χ1v) is 7.33. The molecule has 0 aliphatic carbocycles. The summed E-state index contributed by atoms with van der Waals surface area (Å²) in [5, 5.41) is 8.59.